The van der Waals surface area contributed by atoms with Gasteiger partial charge in [0.15, 0.2) is 11.6 Å². The highest BCUT2D eigenvalue weighted by Gasteiger charge is 2.22. The highest BCUT2D eigenvalue weighted by Crippen LogP contribution is 2.34. The SMILES string of the molecule is Cc1ccc(C(=O)c2cc(C(=O)c3ccccc3)c3c(c2)c2cc(C)ccc2n3C)cc1. The molecular weight excluding hydrogens is 394 g/mol. The lowest BCUT2D eigenvalue weighted by Crippen LogP contribution is -2.08. The number of benzene rings is 4. The van der Waals surface area contributed by atoms with Crippen molar-refractivity contribution in [2.45, 2.75) is 13.8 Å². The van der Waals surface area contributed by atoms with Gasteiger partial charge in [0, 0.05) is 45.6 Å². The molecule has 0 N–H and O–H groups in total. The molecule has 4 aromatic carbocycles. The number of hydrogen-bond acceptors (Lipinski definition) is 2. The second-order valence-corrected chi connectivity index (χ2v) is 8.39. The Morgan fingerprint density at radius 2 is 1.28 bits per heavy atom. The van der Waals surface area contributed by atoms with Crippen LogP contribution in [0.3, 0.4) is 0 Å². The standard InChI is InChI=1S/C29H23NO2/c1-18-9-12-21(13-10-18)28(31)22-16-24-23-15-19(2)11-14-26(23)30(3)27(24)25(17-22)29(32)20-7-5-4-6-8-20/h4-17H,1-3H3. The number of carbonyl (C=O) groups is 2. The number of carbonyl (C=O) groups excluding carboxylic acids is 2. The van der Waals surface area contributed by atoms with Crippen LogP contribution in [0.2, 0.25) is 0 Å². The Kier molecular flexibility index (Phi) is 4.75. The van der Waals surface area contributed by atoms with E-state index in [4.69, 9.17) is 0 Å². The lowest BCUT2D eigenvalue weighted by atomic mass is 9.94. The highest BCUT2D eigenvalue weighted by molar-refractivity contribution is 6.23. The topological polar surface area (TPSA) is 39.1 Å². The van der Waals surface area contributed by atoms with Crippen LogP contribution in [0.1, 0.15) is 43.0 Å². The Morgan fingerprint density at radius 1 is 0.625 bits per heavy atom. The summed E-state index contributed by atoms with van der Waals surface area (Å²) in [5.41, 5.74) is 6.40. The summed E-state index contributed by atoms with van der Waals surface area (Å²) in [6.07, 6.45) is 0. The van der Waals surface area contributed by atoms with Crippen LogP contribution < -0.4 is 0 Å². The first-order chi connectivity index (χ1) is 15.4. The molecule has 0 spiro atoms. The van der Waals surface area contributed by atoms with Crippen LogP contribution in [0, 0.1) is 13.8 Å². The molecule has 5 rings (SSSR count). The van der Waals surface area contributed by atoms with Gasteiger partial charge in [-0.05, 0) is 38.1 Å². The first-order valence-electron chi connectivity index (χ1n) is 10.7. The van der Waals surface area contributed by atoms with Gasteiger partial charge in [0.1, 0.15) is 0 Å². The molecular formula is C29H23NO2. The zero-order valence-corrected chi connectivity index (χ0v) is 18.3. The van der Waals surface area contributed by atoms with E-state index in [9.17, 15) is 9.59 Å². The summed E-state index contributed by atoms with van der Waals surface area (Å²) in [5.74, 6) is -0.171. The van der Waals surface area contributed by atoms with E-state index in [0.29, 0.717) is 22.3 Å². The minimum atomic E-state index is -0.0863. The molecule has 5 aromatic rings. The van der Waals surface area contributed by atoms with Crippen molar-refractivity contribution < 1.29 is 9.59 Å². The van der Waals surface area contributed by atoms with E-state index in [1.807, 2.05) is 74.6 Å². The molecule has 156 valence electrons. The number of ketones is 2. The average Bonchev–Trinajstić information content (AvgIpc) is 3.10. The summed E-state index contributed by atoms with van der Waals surface area (Å²) < 4.78 is 2.06. The first kappa shape index (κ1) is 20.0. The Hall–Kier alpha value is -3.98. The van der Waals surface area contributed by atoms with Gasteiger partial charge in [0.2, 0.25) is 0 Å². The van der Waals surface area contributed by atoms with E-state index in [1.54, 1.807) is 6.07 Å². The van der Waals surface area contributed by atoms with Gasteiger partial charge in [-0.1, -0.05) is 71.8 Å². The second kappa shape index (κ2) is 7.61. The predicted molar refractivity (Wildman–Crippen MR) is 130 cm³/mol. The summed E-state index contributed by atoms with van der Waals surface area (Å²) >= 11 is 0. The van der Waals surface area contributed by atoms with Gasteiger partial charge in [0.05, 0.1) is 5.52 Å². The molecule has 0 bridgehead atoms. The zero-order valence-electron chi connectivity index (χ0n) is 18.3. The van der Waals surface area contributed by atoms with Crippen molar-refractivity contribution in [3.63, 3.8) is 0 Å². The Bertz CT molecular complexity index is 1510. The van der Waals surface area contributed by atoms with Crippen LogP contribution in [0.25, 0.3) is 21.8 Å². The summed E-state index contributed by atoms with van der Waals surface area (Å²) in [4.78, 5) is 27.0. The molecule has 0 fully saturated rings. The number of aryl methyl sites for hydroxylation is 3. The van der Waals surface area contributed by atoms with Crippen LogP contribution in [0.15, 0.2) is 84.9 Å². The average molecular weight is 418 g/mol. The van der Waals surface area contributed by atoms with Crippen LogP contribution in [-0.4, -0.2) is 16.1 Å². The van der Waals surface area contributed by atoms with Gasteiger partial charge in [-0.3, -0.25) is 9.59 Å². The Balaban J connectivity index is 1.82. The fourth-order valence-electron chi connectivity index (χ4n) is 4.40. The van der Waals surface area contributed by atoms with E-state index in [-0.39, 0.29) is 11.6 Å². The second-order valence-electron chi connectivity index (χ2n) is 8.39. The molecule has 0 amide bonds. The van der Waals surface area contributed by atoms with E-state index >= 15 is 0 Å². The van der Waals surface area contributed by atoms with Gasteiger partial charge < -0.3 is 4.57 Å². The maximum Gasteiger partial charge on any atom is 0.195 e. The lowest BCUT2D eigenvalue weighted by molar-refractivity contribution is 0.103. The third-order valence-electron chi connectivity index (χ3n) is 6.11. The molecule has 0 atom stereocenters. The van der Waals surface area contributed by atoms with E-state index in [1.165, 1.54) is 0 Å². The molecule has 1 heterocycles. The van der Waals surface area contributed by atoms with Crippen LogP contribution >= 0.6 is 0 Å². The summed E-state index contributed by atoms with van der Waals surface area (Å²) in [7, 11) is 1.98. The fourth-order valence-corrected chi connectivity index (χ4v) is 4.40. The summed E-state index contributed by atoms with van der Waals surface area (Å²) in [6.45, 7) is 4.05. The third kappa shape index (κ3) is 3.23. The normalized spacial score (nSPS) is 11.2. The molecule has 3 nitrogen and oxygen atoms in total. The summed E-state index contributed by atoms with van der Waals surface area (Å²) in [6, 6.07) is 26.7. The van der Waals surface area contributed by atoms with Crippen molar-refractivity contribution in [3.05, 3.63) is 118 Å². The molecule has 1 aromatic heterocycles. The van der Waals surface area contributed by atoms with Crippen LogP contribution in [0.4, 0.5) is 0 Å². The van der Waals surface area contributed by atoms with Crippen molar-refractivity contribution >= 4 is 33.4 Å². The number of fused-ring (bicyclic) bond motifs is 3. The van der Waals surface area contributed by atoms with Gasteiger partial charge in [-0.2, -0.15) is 0 Å². The molecule has 0 aliphatic rings. The van der Waals surface area contributed by atoms with E-state index in [0.717, 1.165) is 32.9 Å². The molecule has 3 heteroatoms. The maximum absolute atomic E-state index is 13.6. The van der Waals surface area contributed by atoms with Crippen molar-refractivity contribution in [1.29, 1.82) is 0 Å². The number of rotatable bonds is 4. The fraction of sp³-hybridized carbons (Fsp3) is 0.103. The minimum Gasteiger partial charge on any atom is -0.343 e. The molecule has 0 unspecified atom stereocenters. The number of nitrogens with zero attached hydrogens (tertiary/aromatic N) is 1. The maximum atomic E-state index is 13.6. The monoisotopic (exact) mass is 417 g/mol. The van der Waals surface area contributed by atoms with Crippen molar-refractivity contribution in [3.8, 4) is 0 Å². The van der Waals surface area contributed by atoms with E-state index < -0.39 is 0 Å². The molecule has 0 saturated carbocycles. The first-order valence-corrected chi connectivity index (χ1v) is 10.7. The number of hydrogen-bond donors (Lipinski definition) is 0. The molecule has 32 heavy (non-hydrogen) atoms. The molecule has 0 radical (unpaired) electrons. The van der Waals surface area contributed by atoms with Crippen LogP contribution in [-0.2, 0) is 7.05 Å². The van der Waals surface area contributed by atoms with Crippen molar-refractivity contribution in [2.24, 2.45) is 7.05 Å². The largest absolute Gasteiger partial charge is 0.343 e. The molecule has 0 aliphatic heterocycles. The third-order valence-corrected chi connectivity index (χ3v) is 6.11. The van der Waals surface area contributed by atoms with Gasteiger partial charge >= 0.3 is 0 Å². The van der Waals surface area contributed by atoms with Gasteiger partial charge in [-0.25, -0.2) is 0 Å². The van der Waals surface area contributed by atoms with Crippen molar-refractivity contribution in [1.82, 2.24) is 4.57 Å². The Labute approximate surface area is 186 Å². The molecule has 0 saturated heterocycles. The van der Waals surface area contributed by atoms with E-state index in [2.05, 4.69) is 29.7 Å². The van der Waals surface area contributed by atoms with Gasteiger partial charge in [-0.15, -0.1) is 0 Å². The number of aromatic nitrogens is 1. The highest BCUT2D eigenvalue weighted by atomic mass is 16.1. The quantitative estimate of drug-likeness (QED) is 0.317. The smallest absolute Gasteiger partial charge is 0.195 e. The Morgan fingerprint density at radius 3 is 2.00 bits per heavy atom. The van der Waals surface area contributed by atoms with Gasteiger partial charge in [0.25, 0.3) is 0 Å². The lowest BCUT2D eigenvalue weighted by Gasteiger charge is -2.10. The predicted octanol–water partition coefficient (Wildman–Crippen LogP) is 6.41. The van der Waals surface area contributed by atoms with Crippen molar-refractivity contribution in [2.75, 3.05) is 0 Å². The molecule has 0 aliphatic carbocycles. The summed E-state index contributed by atoms with van der Waals surface area (Å²) in [5, 5.41) is 1.96. The minimum absolute atomic E-state index is 0.0846. The van der Waals surface area contributed by atoms with Crippen LogP contribution in [0.5, 0.6) is 0 Å². The zero-order chi connectivity index (χ0) is 22.4.